The van der Waals surface area contributed by atoms with Crippen molar-refractivity contribution in [3.63, 3.8) is 0 Å². The maximum absolute atomic E-state index is 9.14. The van der Waals surface area contributed by atoms with Gasteiger partial charge in [0.1, 0.15) is 5.58 Å². The summed E-state index contributed by atoms with van der Waals surface area (Å²) in [5.41, 5.74) is 14.1. The summed E-state index contributed by atoms with van der Waals surface area (Å²) in [7, 11) is 0. The second-order valence-electron chi connectivity index (χ2n) is 14.9. The highest BCUT2D eigenvalue weighted by Crippen LogP contribution is 2.64. The molecule has 2 aliphatic carbocycles. The van der Waals surface area contributed by atoms with E-state index < -0.39 is 11.5 Å². The number of benzene rings is 9. The molecule has 0 aliphatic heterocycles. The average molecular weight is 746 g/mol. The lowest BCUT2D eigenvalue weighted by Gasteiger charge is -2.33. The van der Waals surface area contributed by atoms with Crippen LogP contribution in [0.3, 0.4) is 0 Å². The third-order valence-electron chi connectivity index (χ3n) is 11.9. The summed E-state index contributed by atoms with van der Waals surface area (Å²) in [4.78, 5) is 4.09. The molecular formula is C55H36N2O. The van der Waals surface area contributed by atoms with Crippen LogP contribution >= 0.6 is 0 Å². The predicted molar refractivity (Wildman–Crippen MR) is 239 cm³/mol. The second-order valence-corrected chi connectivity index (χ2v) is 14.9. The van der Waals surface area contributed by atoms with Crippen molar-refractivity contribution < 1.29 is 11.3 Å². The number of anilines is 6. The highest BCUT2D eigenvalue weighted by molar-refractivity contribution is 6.10. The van der Waals surface area contributed by atoms with Crippen molar-refractivity contribution >= 4 is 56.1 Å². The third-order valence-corrected chi connectivity index (χ3v) is 11.9. The smallest absolute Gasteiger partial charge is 0.159 e. The minimum atomic E-state index is -0.778. The molecule has 0 saturated carbocycles. The Morgan fingerprint density at radius 2 is 0.897 bits per heavy atom. The number of nitrogens with zero attached hydrogens (tertiary/aromatic N) is 2. The minimum absolute atomic E-state index is 0.0875. The Morgan fingerprint density at radius 1 is 0.379 bits per heavy atom. The lowest BCUT2D eigenvalue weighted by Crippen LogP contribution is -2.26. The van der Waals surface area contributed by atoms with Crippen molar-refractivity contribution in [2.45, 2.75) is 5.41 Å². The van der Waals surface area contributed by atoms with Gasteiger partial charge in [-0.05, 0) is 117 Å². The normalized spacial score (nSPS) is 15.8. The zero-order valence-corrected chi connectivity index (χ0v) is 31.2. The highest BCUT2D eigenvalue weighted by atomic mass is 16.3. The van der Waals surface area contributed by atoms with Gasteiger partial charge < -0.3 is 14.2 Å². The Hall–Kier alpha value is -7.62. The predicted octanol–water partition coefficient (Wildman–Crippen LogP) is 14.9. The summed E-state index contributed by atoms with van der Waals surface area (Å²) in [5, 5.41) is 2.11. The summed E-state index contributed by atoms with van der Waals surface area (Å²) in [6, 6.07) is 63.1. The van der Waals surface area contributed by atoms with E-state index in [1.54, 1.807) is 4.90 Å². The average Bonchev–Trinajstić information content (AvgIpc) is 3.96. The number of fused-ring (bicyclic) bond motifs is 13. The van der Waals surface area contributed by atoms with Crippen molar-refractivity contribution in [1.82, 2.24) is 0 Å². The molecule has 1 unspecified atom stereocenters. The van der Waals surface area contributed by atoms with Crippen molar-refractivity contribution in [3.05, 3.63) is 241 Å². The van der Waals surface area contributed by atoms with Crippen LogP contribution < -0.4 is 9.80 Å². The molecule has 12 rings (SSSR count). The first kappa shape index (κ1) is 27.9. The molecule has 1 heterocycles. The van der Waals surface area contributed by atoms with E-state index in [0.29, 0.717) is 11.4 Å². The fraction of sp³-hybridized carbons (Fsp3) is 0.0182. The molecule has 1 atom stereocenters. The maximum Gasteiger partial charge on any atom is 0.159 e. The van der Waals surface area contributed by atoms with Crippen LogP contribution in [0.15, 0.2) is 223 Å². The van der Waals surface area contributed by atoms with E-state index in [4.69, 9.17) is 11.3 Å². The summed E-state index contributed by atoms with van der Waals surface area (Å²) in [6.45, 7) is 0. The summed E-state index contributed by atoms with van der Waals surface area (Å²) < 4.78 is 50.7. The topological polar surface area (TPSA) is 19.6 Å². The molecule has 272 valence electrons. The largest absolute Gasteiger partial charge is 0.454 e. The highest BCUT2D eigenvalue weighted by Gasteiger charge is 2.52. The van der Waals surface area contributed by atoms with Crippen LogP contribution in [-0.4, -0.2) is 0 Å². The summed E-state index contributed by atoms with van der Waals surface area (Å²) in [5.74, 6) is 0. The Bertz CT molecular complexity index is 3450. The molecule has 1 aromatic heterocycles. The molecule has 0 saturated heterocycles. The molecule has 3 nitrogen and oxygen atoms in total. The molecule has 10 aromatic rings. The molecule has 2 aliphatic rings. The molecule has 0 fully saturated rings. The van der Waals surface area contributed by atoms with Gasteiger partial charge in [-0.25, -0.2) is 0 Å². The van der Waals surface area contributed by atoms with Gasteiger partial charge in [0, 0.05) is 39.2 Å². The first-order chi connectivity index (χ1) is 30.9. The van der Waals surface area contributed by atoms with E-state index in [-0.39, 0.29) is 29.9 Å². The molecular weight excluding hydrogens is 705 g/mol. The van der Waals surface area contributed by atoms with Gasteiger partial charge in [-0.3, -0.25) is 0 Å². The third kappa shape index (κ3) is 4.62. The van der Waals surface area contributed by atoms with Crippen molar-refractivity contribution in [1.29, 1.82) is 0 Å². The molecule has 0 N–H and O–H groups in total. The second kappa shape index (κ2) is 12.7. The fourth-order valence-electron chi connectivity index (χ4n) is 9.65. The zero-order valence-electron chi connectivity index (χ0n) is 36.2. The molecule has 1 spiro atoms. The number of hydrogen-bond acceptors (Lipinski definition) is 3. The number of furan rings is 1. The standard InChI is InChI=1S/C55H36N2O/c1-4-17-37(18-5-1)56(38-19-6-2-7-20-38)40-31-33-44-42-23-10-13-27-48(42)55(50(44)35-40)49-28-14-11-24-43(49)45-34-32-41(36-51(45)55)57(39-21-8-3-9-22-39)52-29-16-26-47-46-25-12-15-30-53(46)58-54(47)52/h1-36H/i1D,4D,5D,17D,18D. The first-order valence-electron chi connectivity index (χ1n) is 22.0. The Kier molecular flexibility index (Phi) is 6.11. The Labute approximate surface area is 344 Å². The van der Waals surface area contributed by atoms with Crippen LogP contribution in [-0.2, 0) is 5.41 Å². The van der Waals surface area contributed by atoms with Crippen LogP contribution in [0.2, 0.25) is 0 Å². The van der Waals surface area contributed by atoms with Gasteiger partial charge in [0.15, 0.2) is 5.58 Å². The number of para-hydroxylation sites is 5. The van der Waals surface area contributed by atoms with Gasteiger partial charge in [0.2, 0.25) is 0 Å². The van der Waals surface area contributed by atoms with Gasteiger partial charge in [0.25, 0.3) is 0 Å². The summed E-state index contributed by atoms with van der Waals surface area (Å²) >= 11 is 0. The van der Waals surface area contributed by atoms with Crippen molar-refractivity contribution in [2.24, 2.45) is 0 Å². The van der Waals surface area contributed by atoms with Crippen molar-refractivity contribution in [3.8, 4) is 22.3 Å². The van der Waals surface area contributed by atoms with Crippen molar-refractivity contribution in [2.75, 3.05) is 9.80 Å². The zero-order chi connectivity index (χ0) is 42.6. The van der Waals surface area contributed by atoms with E-state index in [9.17, 15) is 0 Å². The number of hydrogen-bond donors (Lipinski definition) is 0. The summed E-state index contributed by atoms with van der Waals surface area (Å²) in [6.07, 6.45) is 0. The molecule has 58 heavy (non-hydrogen) atoms. The van der Waals surface area contributed by atoms with Gasteiger partial charge in [-0.2, -0.15) is 0 Å². The quantitative estimate of drug-likeness (QED) is 0.169. The van der Waals surface area contributed by atoms with E-state index in [1.165, 1.54) is 0 Å². The van der Waals surface area contributed by atoms with E-state index in [2.05, 4.69) is 132 Å². The van der Waals surface area contributed by atoms with Gasteiger partial charge in [0.05, 0.1) is 18.0 Å². The van der Waals surface area contributed by atoms with E-state index >= 15 is 0 Å². The Morgan fingerprint density at radius 3 is 1.55 bits per heavy atom. The lowest BCUT2D eigenvalue weighted by molar-refractivity contribution is 0.669. The van der Waals surface area contributed by atoms with Crippen LogP contribution in [0.4, 0.5) is 34.1 Å². The first-order valence-corrected chi connectivity index (χ1v) is 19.5. The van der Waals surface area contributed by atoms with Crippen LogP contribution in [0.5, 0.6) is 0 Å². The fourth-order valence-corrected chi connectivity index (χ4v) is 9.65. The molecule has 0 amide bonds. The molecule has 3 heteroatoms. The van der Waals surface area contributed by atoms with E-state index in [0.717, 1.165) is 83.5 Å². The van der Waals surface area contributed by atoms with E-state index in [1.807, 2.05) is 60.7 Å². The minimum Gasteiger partial charge on any atom is -0.454 e. The van der Waals surface area contributed by atoms with Gasteiger partial charge >= 0.3 is 0 Å². The van der Waals surface area contributed by atoms with Crippen LogP contribution in [0, 0.1) is 0 Å². The Balaban J connectivity index is 1.14. The van der Waals surface area contributed by atoms with Gasteiger partial charge in [-0.15, -0.1) is 0 Å². The lowest BCUT2D eigenvalue weighted by atomic mass is 9.70. The van der Waals surface area contributed by atoms with Crippen LogP contribution in [0.25, 0.3) is 44.2 Å². The van der Waals surface area contributed by atoms with Gasteiger partial charge in [-0.1, -0.05) is 146 Å². The maximum atomic E-state index is 9.14. The monoisotopic (exact) mass is 745 g/mol. The SMILES string of the molecule is [2H]c1c([2H])c([2H])c(N(c2ccccc2)c2ccc3c(c2)C2(c4ccccc4-3)c3ccccc3-c3ccc(N(c4ccccc4)c4cccc5c4oc4ccccc45)cc32)c([2H])c1[2H]. The molecule has 0 radical (unpaired) electrons. The van der Waals surface area contributed by atoms with Crippen LogP contribution in [0.1, 0.15) is 29.1 Å². The molecule has 0 bridgehead atoms. The molecule has 9 aromatic carbocycles. The number of rotatable bonds is 6.